The van der Waals surface area contributed by atoms with Gasteiger partial charge in [-0.15, -0.1) is 0 Å². The lowest BCUT2D eigenvalue weighted by molar-refractivity contribution is -0.117. The highest BCUT2D eigenvalue weighted by Gasteiger charge is 2.16. The van der Waals surface area contributed by atoms with Crippen molar-refractivity contribution >= 4 is 23.2 Å². The number of rotatable bonds is 4. The van der Waals surface area contributed by atoms with Crippen LogP contribution in [0.2, 0.25) is 5.02 Å². The molecule has 2 rings (SSSR count). The molecule has 0 saturated carbocycles. The van der Waals surface area contributed by atoms with E-state index in [2.05, 4.69) is 0 Å². The minimum absolute atomic E-state index is 0.0623. The van der Waals surface area contributed by atoms with Gasteiger partial charge in [0, 0.05) is 10.7 Å². The summed E-state index contributed by atoms with van der Waals surface area (Å²) in [5.74, 6) is 0.505. The predicted octanol–water partition coefficient (Wildman–Crippen LogP) is 2.42. The predicted molar refractivity (Wildman–Crippen MR) is 70.4 cm³/mol. The normalized spacial score (nSPS) is 10.3. The van der Waals surface area contributed by atoms with Crippen LogP contribution in [0.15, 0.2) is 47.1 Å². The van der Waals surface area contributed by atoms with Gasteiger partial charge >= 0.3 is 0 Å². The fraction of sp³-hybridized carbons (Fsp3) is 0.154. The van der Waals surface area contributed by atoms with Crippen LogP contribution >= 0.6 is 11.6 Å². The van der Waals surface area contributed by atoms with Gasteiger partial charge in [0.25, 0.3) is 0 Å². The van der Waals surface area contributed by atoms with Gasteiger partial charge in [0.2, 0.25) is 5.91 Å². The number of carbonyl (C=O) groups excluding carboxylic acids is 1. The molecule has 1 heterocycles. The third-order valence-electron chi connectivity index (χ3n) is 2.49. The van der Waals surface area contributed by atoms with E-state index >= 15 is 0 Å². The first-order chi connectivity index (χ1) is 8.70. The van der Waals surface area contributed by atoms with Crippen molar-refractivity contribution in [1.82, 2.24) is 0 Å². The lowest BCUT2D eigenvalue weighted by Gasteiger charge is -2.21. The molecule has 5 heteroatoms. The van der Waals surface area contributed by atoms with Gasteiger partial charge in [-0.3, -0.25) is 4.79 Å². The summed E-state index contributed by atoms with van der Waals surface area (Å²) in [5.41, 5.74) is 6.13. The van der Waals surface area contributed by atoms with Crippen LogP contribution in [-0.2, 0) is 11.3 Å². The van der Waals surface area contributed by atoms with Gasteiger partial charge in [0.05, 0.1) is 19.4 Å². The highest BCUT2D eigenvalue weighted by atomic mass is 35.5. The number of nitrogens with zero attached hydrogens (tertiary/aromatic N) is 1. The van der Waals surface area contributed by atoms with Crippen molar-refractivity contribution < 1.29 is 9.21 Å². The SMILES string of the molecule is NCC(=O)N(Cc1ccco1)c1cccc(Cl)c1. The first-order valence-electron chi connectivity index (χ1n) is 5.49. The third-order valence-corrected chi connectivity index (χ3v) is 2.72. The zero-order valence-electron chi connectivity index (χ0n) is 9.67. The first kappa shape index (κ1) is 12.7. The second-order valence-corrected chi connectivity index (χ2v) is 4.18. The van der Waals surface area contributed by atoms with Crippen molar-refractivity contribution in [2.75, 3.05) is 11.4 Å². The lowest BCUT2D eigenvalue weighted by atomic mass is 10.2. The monoisotopic (exact) mass is 264 g/mol. The Morgan fingerprint density at radius 3 is 2.78 bits per heavy atom. The summed E-state index contributed by atoms with van der Waals surface area (Å²) in [7, 11) is 0. The number of nitrogens with two attached hydrogens (primary N) is 1. The molecule has 0 atom stereocenters. The van der Waals surface area contributed by atoms with E-state index in [0.717, 1.165) is 0 Å². The van der Waals surface area contributed by atoms with E-state index in [9.17, 15) is 4.79 Å². The maximum atomic E-state index is 11.9. The number of benzene rings is 1. The highest BCUT2D eigenvalue weighted by Crippen LogP contribution is 2.21. The lowest BCUT2D eigenvalue weighted by Crippen LogP contribution is -2.35. The Balaban J connectivity index is 2.28. The van der Waals surface area contributed by atoms with Crippen LogP contribution in [0.25, 0.3) is 0 Å². The van der Waals surface area contributed by atoms with Crippen LogP contribution in [-0.4, -0.2) is 12.5 Å². The molecule has 1 aromatic carbocycles. The summed E-state index contributed by atoms with van der Waals surface area (Å²) >= 11 is 5.93. The molecule has 18 heavy (non-hydrogen) atoms. The second kappa shape index (κ2) is 5.71. The maximum absolute atomic E-state index is 11.9. The van der Waals surface area contributed by atoms with Crippen molar-refractivity contribution in [2.24, 2.45) is 5.73 Å². The van der Waals surface area contributed by atoms with E-state index in [1.807, 2.05) is 6.07 Å². The number of halogens is 1. The van der Waals surface area contributed by atoms with Crippen LogP contribution in [0.5, 0.6) is 0 Å². The molecule has 0 fully saturated rings. The Hall–Kier alpha value is -1.78. The molecular weight excluding hydrogens is 252 g/mol. The topological polar surface area (TPSA) is 59.5 Å². The molecule has 0 unspecified atom stereocenters. The Morgan fingerprint density at radius 1 is 1.33 bits per heavy atom. The van der Waals surface area contributed by atoms with Crippen molar-refractivity contribution in [3.63, 3.8) is 0 Å². The molecule has 1 aromatic heterocycles. The zero-order valence-corrected chi connectivity index (χ0v) is 10.4. The average Bonchev–Trinajstić information content (AvgIpc) is 2.88. The van der Waals surface area contributed by atoms with Crippen LogP contribution < -0.4 is 10.6 Å². The van der Waals surface area contributed by atoms with Crippen LogP contribution in [0.4, 0.5) is 5.69 Å². The molecule has 4 nitrogen and oxygen atoms in total. The minimum Gasteiger partial charge on any atom is -0.467 e. The van der Waals surface area contributed by atoms with E-state index in [-0.39, 0.29) is 12.5 Å². The number of anilines is 1. The summed E-state index contributed by atoms with van der Waals surface area (Å²) in [6, 6.07) is 10.7. The van der Waals surface area contributed by atoms with E-state index in [1.165, 1.54) is 0 Å². The van der Waals surface area contributed by atoms with Gasteiger partial charge < -0.3 is 15.1 Å². The number of hydrogen-bond donors (Lipinski definition) is 1. The van der Waals surface area contributed by atoms with Crippen molar-refractivity contribution in [2.45, 2.75) is 6.54 Å². The number of furan rings is 1. The molecule has 94 valence electrons. The molecule has 0 aliphatic carbocycles. The molecule has 0 saturated heterocycles. The van der Waals surface area contributed by atoms with Gasteiger partial charge in [-0.25, -0.2) is 0 Å². The molecule has 0 radical (unpaired) electrons. The summed E-state index contributed by atoms with van der Waals surface area (Å²) in [4.78, 5) is 13.4. The van der Waals surface area contributed by atoms with E-state index in [4.69, 9.17) is 21.8 Å². The van der Waals surface area contributed by atoms with Gasteiger partial charge in [0.1, 0.15) is 5.76 Å². The Labute approximate surface area is 110 Å². The number of carbonyl (C=O) groups is 1. The molecule has 0 aliphatic heterocycles. The number of hydrogen-bond acceptors (Lipinski definition) is 3. The summed E-state index contributed by atoms with van der Waals surface area (Å²) in [5, 5.41) is 0.571. The molecular formula is C13H13ClN2O2. The second-order valence-electron chi connectivity index (χ2n) is 3.74. The third kappa shape index (κ3) is 2.91. The van der Waals surface area contributed by atoms with Crippen LogP contribution in [0.1, 0.15) is 5.76 Å². The summed E-state index contributed by atoms with van der Waals surface area (Å²) in [6.07, 6.45) is 1.57. The largest absolute Gasteiger partial charge is 0.467 e. The summed E-state index contributed by atoms with van der Waals surface area (Å²) < 4.78 is 5.24. The van der Waals surface area contributed by atoms with Crippen LogP contribution in [0, 0.1) is 0 Å². The first-order valence-corrected chi connectivity index (χ1v) is 5.87. The van der Waals surface area contributed by atoms with Crippen molar-refractivity contribution in [3.05, 3.63) is 53.4 Å². The molecule has 1 amide bonds. The Kier molecular flexibility index (Phi) is 4.02. The van der Waals surface area contributed by atoms with Gasteiger partial charge in [-0.05, 0) is 30.3 Å². The fourth-order valence-corrected chi connectivity index (χ4v) is 1.82. The van der Waals surface area contributed by atoms with Crippen molar-refractivity contribution in [3.8, 4) is 0 Å². The highest BCUT2D eigenvalue weighted by molar-refractivity contribution is 6.30. The molecule has 2 N–H and O–H groups in total. The van der Waals surface area contributed by atoms with Crippen molar-refractivity contribution in [1.29, 1.82) is 0 Å². The van der Waals surface area contributed by atoms with E-state index < -0.39 is 0 Å². The summed E-state index contributed by atoms with van der Waals surface area (Å²) in [6.45, 7) is 0.274. The molecule has 0 bridgehead atoms. The molecule has 2 aromatic rings. The maximum Gasteiger partial charge on any atom is 0.241 e. The zero-order chi connectivity index (χ0) is 13.0. The van der Waals surface area contributed by atoms with Gasteiger partial charge in [-0.2, -0.15) is 0 Å². The Morgan fingerprint density at radius 2 is 2.17 bits per heavy atom. The average molecular weight is 265 g/mol. The van der Waals surface area contributed by atoms with Gasteiger partial charge in [-0.1, -0.05) is 17.7 Å². The standard InChI is InChI=1S/C13H13ClN2O2/c14-10-3-1-4-11(7-10)16(13(17)8-15)9-12-5-2-6-18-12/h1-7H,8-9,15H2. The van der Waals surface area contributed by atoms with E-state index in [0.29, 0.717) is 23.0 Å². The fourth-order valence-electron chi connectivity index (χ4n) is 1.64. The Bertz CT molecular complexity index is 526. The molecule has 0 spiro atoms. The van der Waals surface area contributed by atoms with Crippen LogP contribution in [0.3, 0.4) is 0 Å². The smallest absolute Gasteiger partial charge is 0.241 e. The minimum atomic E-state index is -0.186. The molecule has 0 aliphatic rings. The number of amides is 1. The van der Waals surface area contributed by atoms with E-state index in [1.54, 1.807) is 41.5 Å². The van der Waals surface area contributed by atoms with Gasteiger partial charge in [0.15, 0.2) is 0 Å². The quantitative estimate of drug-likeness (QED) is 0.923.